The van der Waals surface area contributed by atoms with Gasteiger partial charge in [0, 0.05) is 5.38 Å². The van der Waals surface area contributed by atoms with Gasteiger partial charge in [-0.25, -0.2) is 14.8 Å². The van der Waals surface area contributed by atoms with Crippen LogP contribution >= 0.6 is 22.7 Å². The van der Waals surface area contributed by atoms with Crippen molar-refractivity contribution in [3.8, 4) is 5.75 Å². The van der Waals surface area contributed by atoms with Crippen LogP contribution in [0.4, 0.5) is 0 Å². The van der Waals surface area contributed by atoms with Crippen molar-refractivity contribution in [2.75, 3.05) is 0 Å². The van der Waals surface area contributed by atoms with Crippen molar-refractivity contribution < 1.29 is 14.3 Å². The van der Waals surface area contributed by atoms with Gasteiger partial charge in [-0.2, -0.15) is 0 Å². The van der Waals surface area contributed by atoms with Gasteiger partial charge in [-0.1, -0.05) is 24.3 Å². The molecule has 0 bridgehead atoms. The van der Waals surface area contributed by atoms with Crippen molar-refractivity contribution in [1.29, 1.82) is 0 Å². The maximum atomic E-state index is 12.5. The van der Waals surface area contributed by atoms with E-state index in [1.807, 2.05) is 42.6 Å². The predicted molar refractivity (Wildman–Crippen MR) is 106 cm³/mol. The number of carbonyl (C=O) groups excluding carboxylic acids is 1. The summed E-state index contributed by atoms with van der Waals surface area (Å²) in [6, 6.07) is 14.9. The summed E-state index contributed by atoms with van der Waals surface area (Å²) in [4.78, 5) is 21.4. The van der Waals surface area contributed by atoms with Crippen molar-refractivity contribution in [1.82, 2.24) is 9.97 Å². The SMILES string of the molecule is Cc1nc(COc2ccccc2C(=O)OCc2nc3ccccc3s2)cs1. The van der Waals surface area contributed by atoms with Gasteiger partial charge in [0.1, 0.15) is 29.5 Å². The van der Waals surface area contributed by atoms with Gasteiger partial charge in [0.2, 0.25) is 0 Å². The molecule has 2 aromatic heterocycles. The minimum atomic E-state index is -0.431. The molecule has 7 heteroatoms. The average molecular weight is 396 g/mol. The molecule has 0 aliphatic carbocycles. The average Bonchev–Trinajstić information content (AvgIpc) is 3.30. The molecule has 4 rings (SSSR count). The van der Waals surface area contributed by atoms with Gasteiger partial charge in [-0.05, 0) is 31.2 Å². The quantitative estimate of drug-likeness (QED) is 0.429. The molecule has 5 nitrogen and oxygen atoms in total. The van der Waals surface area contributed by atoms with Crippen LogP contribution in [0.5, 0.6) is 5.75 Å². The topological polar surface area (TPSA) is 61.3 Å². The lowest BCUT2D eigenvalue weighted by atomic mass is 10.2. The maximum absolute atomic E-state index is 12.5. The summed E-state index contributed by atoms with van der Waals surface area (Å²) in [6.45, 7) is 2.39. The molecule has 0 fully saturated rings. The number of hydrogen-bond acceptors (Lipinski definition) is 7. The second-order valence-corrected chi connectivity index (χ2v) is 7.97. The first kappa shape index (κ1) is 17.6. The zero-order valence-electron chi connectivity index (χ0n) is 14.5. The fourth-order valence-electron chi connectivity index (χ4n) is 2.57. The van der Waals surface area contributed by atoms with Crippen LogP contribution in [-0.4, -0.2) is 15.9 Å². The van der Waals surface area contributed by atoms with Gasteiger partial charge < -0.3 is 9.47 Å². The third-order valence-corrected chi connectivity index (χ3v) is 5.65. The summed E-state index contributed by atoms with van der Waals surface area (Å²) in [7, 11) is 0. The Kier molecular flexibility index (Phi) is 5.13. The second-order valence-electron chi connectivity index (χ2n) is 5.79. The van der Waals surface area contributed by atoms with Crippen LogP contribution in [0.2, 0.25) is 0 Å². The van der Waals surface area contributed by atoms with Gasteiger partial charge in [0.25, 0.3) is 0 Å². The maximum Gasteiger partial charge on any atom is 0.342 e. The highest BCUT2D eigenvalue weighted by Crippen LogP contribution is 2.24. The molecule has 0 atom stereocenters. The molecule has 0 amide bonds. The Balaban J connectivity index is 1.43. The van der Waals surface area contributed by atoms with Gasteiger partial charge in [-0.15, -0.1) is 22.7 Å². The van der Waals surface area contributed by atoms with E-state index in [9.17, 15) is 4.79 Å². The Hall–Kier alpha value is -2.77. The van der Waals surface area contributed by atoms with Crippen LogP contribution in [-0.2, 0) is 18.0 Å². The summed E-state index contributed by atoms with van der Waals surface area (Å²) in [5, 5.41) is 3.70. The van der Waals surface area contributed by atoms with E-state index in [1.165, 1.54) is 11.3 Å². The summed E-state index contributed by atoms with van der Waals surface area (Å²) in [5.41, 5.74) is 2.15. The van der Waals surface area contributed by atoms with Crippen LogP contribution in [0.15, 0.2) is 53.9 Å². The van der Waals surface area contributed by atoms with E-state index in [-0.39, 0.29) is 6.61 Å². The van der Waals surface area contributed by atoms with Crippen molar-refractivity contribution in [3.05, 3.63) is 75.2 Å². The number of aryl methyl sites for hydroxylation is 1. The van der Waals surface area contributed by atoms with Crippen LogP contribution in [0.25, 0.3) is 10.2 Å². The molecule has 0 saturated carbocycles. The van der Waals surface area contributed by atoms with Crippen molar-refractivity contribution in [2.45, 2.75) is 20.1 Å². The highest BCUT2D eigenvalue weighted by Gasteiger charge is 2.15. The molecule has 136 valence electrons. The zero-order chi connectivity index (χ0) is 18.6. The molecular formula is C20H16N2O3S2. The number of hydrogen-bond donors (Lipinski definition) is 0. The summed E-state index contributed by atoms with van der Waals surface area (Å²) < 4.78 is 12.3. The molecule has 0 saturated heterocycles. The van der Waals surface area contributed by atoms with E-state index in [0.717, 1.165) is 25.9 Å². The summed E-state index contributed by atoms with van der Waals surface area (Å²) >= 11 is 3.09. The molecule has 0 N–H and O–H groups in total. The molecule has 27 heavy (non-hydrogen) atoms. The largest absolute Gasteiger partial charge is 0.486 e. The van der Waals surface area contributed by atoms with E-state index in [2.05, 4.69) is 9.97 Å². The molecule has 2 heterocycles. The zero-order valence-corrected chi connectivity index (χ0v) is 16.2. The first-order valence-corrected chi connectivity index (χ1v) is 10.0. The van der Waals surface area contributed by atoms with E-state index < -0.39 is 5.97 Å². The van der Waals surface area contributed by atoms with Crippen molar-refractivity contribution in [2.24, 2.45) is 0 Å². The Labute approximate surface area is 164 Å². The number of fused-ring (bicyclic) bond motifs is 1. The van der Waals surface area contributed by atoms with Gasteiger partial charge in [0.05, 0.1) is 20.9 Å². The molecule has 4 aromatic rings. The van der Waals surface area contributed by atoms with Gasteiger partial charge >= 0.3 is 5.97 Å². The normalized spacial score (nSPS) is 10.9. The molecule has 2 aromatic carbocycles. The standard InChI is InChI=1S/C20H16N2O3S2/c1-13-21-14(12-26-13)10-24-17-8-4-2-6-15(17)20(23)25-11-19-22-16-7-3-5-9-18(16)27-19/h2-9,12H,10-11H2,1H3. The second kappa shape index (κ2) is 7.85. The number of benzene rings is 2. The Morgan fingerprint density at radius 2 is 1.85 bits per heavy atom. The number of esters is 1. The van der Waals surface area contributed by atoms with Crippen molar-refractivity contribution >= 4 is 38.9 Å². The third kappa shape index (κ3) is 4.15. The third-order valence-electron chi connectivity index (χ3n) is 3.81. The highest BCUT2D eigenvalue weighted by atomic mass is 32.1. The van der Waals surface area contributed by atoms with Gasteiger partial charge in [-0.3, -0.25) is 0 Å². The Morgan fingerprint density at radius 1 is 1.04 bits per heavy atom. The fraction of sp³-hybridized carbons (Fsp3) is 0.150. The van der Waals surface area contributed by atoms with Crippen LogP contribution in [0.1, 0.15) is 26.1 Å². The number of ether oxygens (including phenoxy) is 2. The molecule has 0 unspecified atom stereocenters. The van der Waals surface area contributed by atoms with Crippen LogP contribution < -0.4 is 4.74 Å². The minimum Gasteiger partial charge on any atom is -0.486 e. The number of aromatic nitrogens is 2. The minimum absolute atomic E-state index is 0.137. The number of carbonyl (C=O) groups is 1. The summed E-state index contributed by atoms with van der Waals surface area (Å²) in [6.07, 6.45) is 0. The molecule has 0 spiro atoms. The Morgan fingerprint density at radius 3 is 2.67 bits per heavy atom. The lowest BCUT2D eigenvalue weighted by Crippen LogP contribution is -2.08. The van der Waals surface area contributed by atoms with Crippen LogP contribution in [0, 0.1) is 6.92 Å². The fourth-order valence-corrected chi connectivity index (χ4v) is 4.05. The monoisotopic (exact) mass is 396 g/mol. The first-order valence-electron chi connectivity index (χ1n) is 8.33. The van der Waals surface area contributed by atoms with E-state index in [1.54, 1.807) is 29.5 Å². The molecule has 0 aliphatic heterocycles. The summed E-state index contributed by atoms with van der Waals surface area (Å²) in [5.74, 6) is 0.0526. The van der Waals surface area contributed by atoms with E-state index in [0.29, 0.717) is 17.9 Å². The van der Waals surface area contributed by atoms with E-state index in [4.69, 9.17) is 9.47 Å². The van der Waals surface area contributed by atoms with E-state index >= 15 is 0 Å². The van der Waals surface area contributed by atoms with Crippen LogP contribution in [0.3, 0.4) is 0 Å². The molecule has 0 aliphatic rings. The lowest BCUT2D eigenvalue weighted by Gasteiger charge is -2.10. The van der Waals surface area contributed by atoms with Gasteiger partial charge in [0.15, 0.2) is 0 Å². The number of nitrogens with zero attached hydrogens (tertiary/aromatic N) is 2. The number of thiazole rings is 2. The number of para-hydroxylation sites is 2. The smallest absolute Gasteiger partial charge is 0.342 e. The van der Waals surface area contributed by atoms with Crippen molar-refractivity contribution in [3.63, 3.8) is 0 Å². The molecular weight excluding hydrogens is 380 g/mol. The number of rotatable bonds is 6. The first-order chi connectivity index (χ1) is 13.2. The Bertz CT molecular complexity index is 1050. The highest BCUT2D eigenvalue weighted by molar-refractivity contribution is 7.18. The lowest BCUT2D eigenvalue weighted by molar-refractivity contribution is 0.0467. The predicted octanol–water partition coefficient (Wildman–Crippen LogP) is 5.00. The molecule has 0 radical (unpaired) electrons.